The number of halogens is 1. The monoisotopic (exact) mass is 323 g/mol. The average Bonchev–Trinajstić information content (AvgIpc) is 2.81. The normalized spacial score (nSPS) is 11.2. The number of aromatic nitrogens is 3. The molecule has 0 N–H and O–H groups in total. The summed E-state index contributed by atoms with van der Waals surface area (Å²) in [5.74, 6) is 0. The Hall–Kier alpha value is -2.20. The molecule has 3 aromatic heterocycles. The Labute approximate surface area is 124 Å². The fourth-order valence-corrected chi connectivity index (χ4v) is 2.85. The van der Waals surface area contributed by atoms with E-state index in [4.69, 9.17) is 0 Å². The molecule has 20 heavy (non-hydrogen) atoms. The molecule has 0 bridgehead atoms. The molecule has 0 saturated carbocycles. The van der Waals surface area contributed by atoms with E-state index < -0.39 is 0 Å². The molecule has 4 heteroatoms. The zero-order valence-electron chi connectivity index (χ0n) is 10.5. The minimum atomic E-state index is 0.924. The third-order valence-electron chi connectivity index (χ3n) is 3.34. The average molecular weight is 324 g/mol. The fraction of sp³-hybridized carbons (Fsp3) is 0. The maximum atomic E-state index is 4.52. The number of nitrogens with zero attached hydrogens (tertiary/aromatic N) is 3. The molecule has 0 amide bonds. The zero-order chi connectivity index (χ0) is 13.5. The predicted molar refractivity (Wildman–Crippen MR) is 84.1 cm³/mol. The van der Waals surface area contributed by atoms with Gasteiger partial charge in [-0.05, 0) is 46.3 Å². The van der Waals surface area contributed by atoms with Gasteiger partial charge in [0.2, 0.25) is 0 Å². The predicted octanol–water partition coefficient (Wildman–Crippen LogP) is 4.34. The van der Waals surface area contributed by atoms with Crippen LogP contribution in [0.1, 0.15) is 0 Å². The number of hydrogen-bond acceptors (Lipinski definition) is 2. The van der Waals surface area contributed by atoms with E-state index in [-0.39, 0.29) is 0 Å². The second-order valence-electron chi connectivity index (χ2n) is 4.56. The van der Waals surface area contributed by atoms with Gasteiger partial charge in [0.25, 0.3) is 0 Å². The summed E-state index contributed by atoms with van der Waals surface area (Å²) in [6.45, 7) is 0. The highest BCUT2D eigenvalue weighted by atomic mass is 79.9. The van der Waals surface area contributed by atoms with Gasteiger partial charge in [-0.15, -0.1) is 0 Å². The first-order valence-corrected chi connectivity index (χ1v) is 7.10. The lowest BCUT2D eigenvalue weighted by molar-refractivity contribution is 1.17. The number of fused-ring (bicyclic) bond motifs is 3. The Kier molecular flexibility index (Phi) is 2.57. The second kappa shape index (κ2) is 4.42. The lowest BCUT2D eigenvalue weighted by atomic mass is 10.3. The van der Waals surface area contributed by atoms with E-state index in [0.29, 0.717) is 0 Å². The summed E-state index contributed by atoms with van der Waals surface area (Å²) in [5, 5.41) is 0. The molecule has 0 aliphatic rings. The van der Waals surface area contributed by atoms with E-state index in [0.717, 1.165) is 32.2 Å². The standard InChI is InChI=1S/C16H10BrN3/c17-11-9-14-16(19-10-11)15-13(7-4-8-18-15)20(14)12-5-2-1-3-6-12/h1-10H. The van der Waals surface area contributed by atoms with E-state index in [9.17, 15) is 0 Å². The number of pyridine rings is 2. The molecule has 0 spiro atoms. The molecule has 1 aromatic carbocycles. The molecule has 0 saturated heterocycles. The molecule has 96 valence electrons. The molecule has 0 radical (unpaired) electrons. The van der Waals surface area contributed by atoms with Crippen LogP contribution < -0.4 is 0 Å². The summed E-state index contributed by atoms with van der Waals surface area (Å²) in [7, 11) is 0. The van der Waals surface area contributed by atoms with Crippen molar-refractivity contribution in [2.45, 2.75) is 0 Å². The molecular weight excluding hydrogens is 314 g/mol. The summed E-state index contributed by atoms with van der Waals surface area (Å²) in [4.78, 5) is 9.01. The van der Waals surface area contributed by atoms with Gasteiger partial charge in [-0.25, -0.2) is 0 Å². The molecule has 4 rings (SSSR count). The summed E-state index contributed by atoms with van der Waals surface area (Å²) in [6, 6.07) is 16.4. The SMILES string of the molecule is Brc1cnc2c3ncccc3n(-c3ccccc3)c2c1. The van der Waals surface area contributed by atoms with Gasteiger partial charge in [0.1, 0.15) is 11.0 Å². The van der Waals surface area contributed by atoms with Gasteiger partial charge < -0.3 is 4.57 Å². The van der Waals surface area contributed by atoms with E-state index >= 15 is 0 Å². The fourth-order valence-electron chi connectivity index (χ4n) is 2.53. The van der Waals surface area contributed by atoms with Crippen LogP contribution in [-0.2, 0) is 0 Å². The summed E-state index contributed by atoms with van der Waals surface area (Å²) < 4.78 is 3.15. The minimum Gasteiger partial charge on any atom is -0.306 e. The van der Waals surface area contributed by atoms with Crippen LogP contribution in [0, 0.1) is 0 Å². The molecular formula is C16H10BrN3. The van der Waals surface area contributed by atoms with Crippen LogP contribution in [0.5, 0.6) is 0 Å². The lowest BCUT2D eigenvalue weighted by Crippen LogP contribution is -1.93. The highest BCUT2D eigenvalue weighted by molar-refractivity contribution is 9.10. The summed E-state index contributed by atoms with van der Waals surface area (Å²) in [6.07, 6.45) is 3.62. The van der Waals surface area contributed by atoms with Crippen LogP contribution in [0.4, 0.5) is 0 Å². The number of rotatable bonds is 1. The van der Waals surface area contributed by atoms with Crippen molar-refractivity contribution in [3.63, 3.8) is 0 Å². The second-order valence-corrected chi connectivity index (χ2v) is 5.48. The molecule has 0 unspecified atom stereocenters. The van der Waals surface area contributed by atoms with Crippen LogP contribution in [0.25, 0.3) is 27.8 Å². The van der Waals surface area contributed by atoms with Crippen molar-refractivity contribution in [1.29, 1.82) is 0 Å². The first-order chi connectivity index (χ1) is 9.84. The van der Waals surface area contributed by atoms with E-state index in [1.807, 2.05) is 30.5 Å². The topological polar surface area (TPSA) is 30.7 Å². The molecule has 3 nitrogen and oxygen atoms in total. The zero-order valence-corrected chi connectivity index (χ0v) is 12.1. The third-order valence-corrected chi connectivity index (χ3v) is 3.77. The van der Waals surface area contributed by atoms with E-state index in [2.05, 4.69) is 54.7 Å². The van der Waals surface area contributed by atoms with Gasteiger partial charge in [0.05, 0.1) is 11.0 Å². The Balaban J connectivity index is 2.23. The van der Waals surface area contributed by atoms with Crippen molar-refractivity contribution in [1.82, 2.24) is 14.5 Å². The molecule has 0 fully saturated rings. The lowest BCUT2D eigenvalue weighted by Gasteiger charge is -2.06. The van der Waals surface area contributed by atoms with Crippen LogP contribution in [0.2, 0.25) is 0 Å². The number of benzene rings is 1. The van der Waals surface area contributed by atoms with Gasteiger partial charge in [0, 0.05) is 22.6 Å². The maximum Gasteiger partial charge on any atom is 0.115 e. The van der Waals surface area contributed by atoms with Crippen molar-refractivity contribution in [3.05, 3.63) is 65.4 Å². The Morgan fingerprint density at radius 3 is 2.50 bits per heavy atom. The van der Waals surface area contributed by atoms with E-state index in [1.165, 1.54) is 0 Å². The molecule has 0 aliphatic heterocycles. The first kappa shape index (κ1) is 11.6. The Morgan fingerprint density at radius 1 is 0.850 bits per heavy atom. The van der Waals surface area contributed by atoms with Crippen LogP contribution >= 0.6 is 15.9 Å². The smallest absolute Gasteiger partial charge is 0.115 e. The van der Waals surface area contributed by atoms with Crippen molar-refractivity contribution in [2.24, 2.45) is 0 Å². The molecule has 0 atom stereocenters. The van der Waals surface area contributed by atoms with Crippen LogP contribution in [0.15, 0.2) is 65.4 Å². The number of hydrogen-bond donors (Lipinski definition) is 0. The molecule has 0 aliphatic carbocycles. The van der Waals surface area contributed by atoms with E-state index in [1.54, 1.807) is 6.20 Å². The largest absolute Gasteiger partial charge is 0.306 e. The summed E-state index contributed by atoms with van der Waals surface area (Å²) in [5.41, 5.74) is 5.09. The van der Waals surface area contributed by atoms with Crippen molar-refractivity contribution in [3.8, 4) is 5.69 Å². The van der Waals surface area contributed by atoms with Crippen molar-refractivity contribution in [2.75, 3.05) is 0 Å². The highest BCUT2D eigenvalue weighted by Crippen LogP contribution is 2.30. The minimum absolute atomic E-state index is 0.924. The van der Waals surface area contributed by atoms with Gasteiger partial charge in [-0.3, -0.25) is 9.97 Å². The van der Waals surface area contributed by atoms with Crippen molar-refractivity contribution >= 4 is 38.0 Å². The van der Waals surface area contributed by atoms with Gasteiger partial charge >= 0.3 is 0 Å². The Morgan fingerprint density at radius 2 is 1.65 bits per heavy atom. The van der Waals surface area contributed by atoms with Gasteiger partial charge in [0.15, 0.2) is 0 Å². The summed E-state index contributed by atoms with van der Waals surface area (Å²) >= 11 is 3.50. The van der Waals surface area contributed by atoms with Crippen molar-refractivity contribution < 1.29 is 0 Å². The third kappa shape index (κ3) is 1.65. The molecule has 3 heterocycles. The first-order valence-electron chi connectivity index (χ1n) is 6.31. The highest BCUT2D eigenvalue weighted by Gasteiger charge is 2.13. The molecule has 4 aromatic rings. The van der Waals surface area contributed by atoms with Crippen LogP contribution in [-0.4, -0.2) is 14.5 Å². The Bertz CT molecular complexity index is 913. The van der Waals surface area contributed by atoms with Crippen LogP contribution in [0.3, 0.4) is 0 Å². The maximum absolute atomic E-state index is 4.52. The quantitative estimate of drug-likeness (QED) is 0.521. The van der Waals surface area contributed by atoms with Gasteiger partial charge in [-0.1, -0.05) is 18.2 Å². The number of para-hydroxylation sites is 1. The van der Waals surface area contributed by atoms with Gasteiger partial charge in [-0.2, -0.15) is 0 Å².